The molecule has 1 fully saturated rings. The molecule has 1 aromatic heterocycles. The fourth-order valence-electron chi connectivity index (χ4n) is 4.69. The maximum absolute atomic E-state index is 13.1. The van der Waals surface area contributed by atoms with E-state index in [-0.39, 0.29) is 11.4 Å². The number of amides is 1. The highest BCUT2D eigenvalue weighted by Gasteiger charge is 2.39. The number of hydrogen-bond donors (Lipinski definition) is 1. The molecule has 1 amide bonds. The Bertz CT molecular complexity index is 1370. The summed E-state index contributed by atoms with van der Waals surface area (Å²) < 4.78 is 29.6. The number of nitrogens with one attached hydrogen (secondary N) is 1. The van der Waals surface area contributed by atoms with E-state index >= 15 is 0 Å². The Morgan fingerprint density at radius 1 is 1.09 bits per heavy atom. The van der Waals surface area contributed by atoms with Crippen molar-refractivity contribution in [3.8, 4) is 5.69 Å². The fourth-order valence-corrected chi connectivity index (χ4v) is 6.47. The molecule has 0 unspecified atom stereocenters. The minimum atomic E-state index is -3.82. The molecule has 1 aliphatic rings. The van der Waals surface area contributed by atoms with Gasteiger partial charge in [-0.3, -0.25) is 4.79 Å². The van der Waals surface area contributed by atoms with Crippen LogP contribution in [-0.4, -0.2) is 42.0 Å². The van der Waals surface area contributed by atoms with E-state index in [0.717, 1.165) is 22.6 Å². The van der Waals surface area contributed by atoms with Crippen molar-refractivity contribution in [3.63, 3.8) is 0 Å². The number of carbonyl (C=O) groups excluding carboxylic acids is 1. The highest BCUT2D eigenvalue weighted by molar-refractivity contribution is 7.89. The molecule has 1 atom stereocenters. The van der Waals surface area contributed by atoms with Gasteiger partial charge in [0.2, 0.25) is 10.0 Å². The highest BCUT2D eigenvalue weighted by Crippen LogP contribution is 2.28. The molecule has 3 aromatic rings. The van der Waals surface area contributed by atoms with Crippen molar-refractivity contribution in [2.24, 2.45) is 5.10 Å². The summed E-state index contributed by atoms with van der Waals surface area (Å²) in [6.45, 7) is 8.50. The average Bonchev–Trinajstić information content (AvgIpc) is 3.41. The quantitative estimate of drug-likeness (QED) is 0.385. The molecule has 0 radical (unpaired) electrons. The van der Waals surface area contributed by atoms with Crippen LogP contribution in [0.25, 0.3) is 5.69 Å². The topological polar surface area (TPSA) is 83.8 Å². The Kier molecular flexibility index (Phi) is 7.17. The van der Waals surface area contributed by atoms with Crippen LogP contribution in [0.3, 0.4) is 0 Å². The number of nitrogens with zero attached hydrogens (tertiary/aromatic N) is 3. The molecule has 0 bridgehead atoms. The summed E-state index contributed by atoms with van der Waals surface area (Å²) in [6, 6.07) is 13.4. The number of sulfonamides is 1. The van der Waals surface area contributed by atoms with E-state index in [2.05, 4.69) is 41.1 Å². The molecule has 0 saturated carbocycles. The van der Waals surface area contributed by atoms with Crippen LogP contribution in [0, 0.1) is 27.7 Å². The third-order valence-corrected chi connectivity index (χ3v) is 8.61. The van der Waals surface area contributed by atoms with Crippen LogP contribution < -0.4 is 5.43 Å². The van der Waals surface area contributed by atoms with Crippen molar-refractivity contribution in [1.82, 2.24) is 14.3 Å². The smallest absolute Gasteiger partial charge is 0.258 e. The molecule has 2 heterocycles. The highest BCUT2D eigenvalue weighted by atomic mass is 35.5. The normalized spacial score (nSPS) is 16.8. The third-order valence-electron chi connectivity index (χ3n) is 6.44. The summed E-state index contributed by atoms with van der Waals surface area (Å²) in [6.07, 6.45) is 2.65. The van der Waals surface area contributed by atoms with E-state index < -0.39 is 22.0 Å². The van der Waals surface area contributed by atoms with Gasteiger partial charge in [0, 0.05) is 28.5 Å². The van der Waals surface area contributed by atoms with Gasteiger partial charge in [-0.05, 0) is 82.0 Å². The molecular formula is C26H29ClN4O3S. The number of hydrogen-bond acceptors (Lipinski definition) is 4. The summed E-state index contributed by atoms with van der Waals surface area (Å²) in [5.74, 6) is -0.445. The van der Waals surface area contributed by atoms with Crippen molar-refractivity contribution in [1.29, 1.82) is 0 Å². The minimum Gasteiger partial charge on any atom is -0.317 e. The molecule has 9 heteroatoms. The Balaban J connectivity index is 1.51. The Morgan fingerprint density at radius 2 is 1.74 bits per heavy atom. The number of hydrazone groups is 1. The number of para-hydroxylation sites is 1. The lowest BCUT2D eigenvalue weighted by Crippen LogP contribution is -2.44. The lowest BCUT2D eigenvalue weighted by molar-refractivity contribution is -0.124. The first-order valence-corrected chi connectivity index (χ1v) is 13.3. The van der Waals surface area contributed by atoms with Gasteiger partial charge in [0.05, 0.1) is 16.8 Å². The molecule has 0 spiro atoms. The molecule has 1 N–H and O–H groups in total. The van der Waals surface area contributed by atoms with Gasteiger partial charge >= 0.3 is 0 Å². The molecule has 1 saturated heterocycles. The minimum absolute atomic E-state index is 0.115. The van der Waals surface area contributed by atoms with Crippen LogP contribution in [0.2, 0.25) is 5.02 Å². The van der Waals surface area contributed by atoms with Crippen molar-refractivity contribution < 1.29 is 13.2 Å². The van der Waals surface area contributed by atoms with E-state index in [1.54, 1.807) is 6.21 Å². The van der Waals surface area contributed by atoms with Gasteiger partial charge < -0.3 is 4.57 Å². The molecule has 35 heavy (non-hydrogen) atoms. The largest absolute Gasteiger partial charge is 0.317 e. The maximum Gasteiger partial charge on any atom is 0.258 e. The van der Waals surface area contributed by atoms with Gasteiger partial charge in [-0.15, -0.1) is 0 Å². The van der Waals surface area contributed by atoms with E-state index in [0.29, 0.717) is 17.9 Å². The van der Waals surface area contributed by atoms with E-state index in [1.807, 2.05) is 26.0 Å². The van der Waals surface area contributed by atoms with E-state index in [1.165, 1.54) is 39.7 Å². The Hall–Kier alpha value is -2.94. The lowest BCUT2D eigenvalue weighted by Gasteiger charge is -2.22. The number of carbonyl (C=O) groups is 1. The second-order valence-corrected chi connectivity index (χ2v) is 11.2. The second kappa shape index (κ2) is 9.97. The summed E-state index contributed by atoms with van der Waals surface area (Å²) in [5.41, 5.74) is 8.97. The van der Waals surface area contributed by atoms with Crippen LogP contribution in [-0.2, 0) is 14.8 Å². The summed E-state index contributed by atoms with van der Waals surface area (Å²) in [5, 5.41) is 4.61. The maximum atomic E-state index is 13.1. The van der Waals surface area contributed by atoms with Crippen LogP contribution in [0.5, 0.6) is 0 Å². The molecule has 2 aromatic carbocycles. The van der Waals surface area contributed by atoms with Gasteiger partial charge in [0.1, 0.15) is 6.04 Å². The first-order chi connectivity index (χ1) is 16.6. The number of aromatic nitrogens is 1. The number of benzene rings is 2. The first kappa shape index (κ1) is 25.2. The SMILES string of the molecule is Cc1cccc(C)c1-n1c(C)cc(/C=N\NC(=O)[C@@H]2CCCN2S(=O)(=O)c2ccc(Cl)cc2)c1C. The van der Waals surface area contributed by atoms with Crippen molar-refractivity contribution in [2.75, 3.05) is 6.54 Å². The van der Waals surface area contributed by atoms with Gasteiger partial charge in [-0.2, -0.15) is 9.41 Å². The summed E-state index contributed by atoms with van der Waals surface area (Å²) in [7, 11) is -3.82. The first-order valence-electron chi connectivity index (χ1n) is 11.5. The van der Waals surface area contributed by atoms with Crippen LogP contribution in [0.1, 0.15) is 40.9 Å². The van der Waals surface area contributed by atoms with Crippen molar-refractivity contribution in [3.05, 3.63) is 81.6 Å². The standard InChI is InChI=1S/C26H29ClN4O3S/c1-17-7-5-8-18(2)25(17)31-19(3)15-21(20(31)4)16-28-29-26(32)24-9-6-14-30(24)35(33,34)23-12-10-22(27)11-13-23/h5,7-8,10-13,15-16,24H,6,9,14H2,1-4H3,(H,29,32)/b28-16-/t24-/m0/s1. The van der Waals surface area contributed by atoms with Gasteiger partial charge in [0.15, 0.2) is 0 Å². The molecule has 1 aliphatic heterocycles. The van der Waals surface area contributed by atoms with Gasteiger partial charge in [0.25, 0.3) is 5.91 Å². The Labute approximate surface area is 211 Å². The number of rotatable bonds is 6. The Morgan fingerprint density at radius 3 is 2.40 bits per heavy atom. The van der Waals surface area contributed by atoms with Crippen LogP contribution in [0.4, 0.5) is 0 Å². The lowest BCUT2D eigenvalue weighted by atomic mass is 10.1. The fraction of sp³-hybridized carbons (Fsp3) is 0.308. The third kappa shape index (κ3) is 4.91. The van der Waals surface area contributed by atoms with E-state index in [9.17, 15) is 13.2 Å². The molecular weight excluding hydrogens is 484 g/mol. The average molecular weight is 513 g/mol. The summed E-state index contributed by atoms with van der Waals surface area (Å²) >= 11 is 5.89. The summed E-state index contributed by atoms with van der Waals surface area (Å²) in [4.78, 5) is 13.0. The molecule has 184 valence electrons. The number of halogens is 1. The zero-order chi connectivity index (χ0) is 25.3. The number of aryl methyl sites for hydroxylation is 3. The van der Waals surface area contributed by atoms with Crippen LogP contribution in [0.15, 0.2) is 58.5 Å². The van der Waals surface area contributed by atoms with Crippen molar-refractivity contribution in [2.45, 2.75) is 51.5 Å². The molecule has 7 nitrogen and oxygen atoms in total. The van der Waals surface area contributed by atoms with Gasteiger partial charge in [-0.25, -0.2) is 13.8 Å². The monoisotopic (exact) mass is 512 g/mol. The second-order valence-electron chi connectivity index (χ2n) is 8.86. The zero-order valence-electron chi connectivity index (χ0n) is 20.2. The van der Waals surface area contributed by atoms with Crippen LogP contribution >= 0.6 is 11.6 Å². The predicted octanol–water partition coefficient (Wildman–Crippen LogP) is 4.67. The van der Waals surface area contributed by atoms with Gasteiger partial charge in [-0.1, -0.05) is 29.8 Å². The predicted molar refractivity (Wildman–Crippen MR) is 139 cm³/mol. The zero-order valence-corrected chi connectivity index (χ0v) is 21.8. The van der Waals surface area contributed by atoms with E-state index in [4.69, 9.17) is 11.6 Å². The molecule has 0 aliphatic carbocycles. The molecule has 4 rings (SSSR count). The van der Waals surface area contributed by atoms with Crippen molar-refractivity contribution >= 4 is 33.7 Å².